The van der Waals surface area contributed by atoms with Crippen LogP contribution in [0.25, 0.3) is 0 Å². The van der Waals surface area contributed by atoms with E-state index in [1.165, 1.54) is 22.3 Å². The number of nitrogens with zero attached hydrogens (tertiary/aromatic N) is 1. The van der Waals surface area contributed by atoms with Gasteiger partial charge in [0.15, 0.2) is 0 Å². The van der Waals surface area contributed by atoms with E-state index in [1.807, 2.05) is 43.3 Å². The molecular weight excluding hydrogens is 671 g/mol. The molecule has 36 heavy (non-hydrogen) atoms. The van der Waals surface area contributed by atoms with Crippen LogP contribution in [0, 0.1) is 6.42 Å². The number of ether oxygens (including phenoxy) is 1. The minimum absolute atomic E-state index is 0. The van der Waals surface area contributed by atoms with Crippen molar-refractivity contribution in [2.24, 2.45) is 0 Å². The summed E-state index contributed by atoms with van der Waals surface area (Å²) in [5, 5.41) is 4.19. The molecule has 4 rings (SSSR count). The number of rotatable bonds is 7. The normalized spacial score (nSPS) is 9.56. The summed E-state index contributed by atoms with van der Waals surface area (Å²) in [7, 11) is 3.44. The minimum atomic E-state index is -0.446. The Kier molecular flexibility index (Phi) is 15.3. The summed E-state index contributed by atoms with van der Waals surface area (Å²) in [6.07, 6.45) is 1.51. The largest absolute Gasteiger partial charge is 2.00 e. The second kappa shape index (κ2) is 17.3. The Bertz CT molecular complexity index is 1050. The molecule has 0 aliphatic carbocycles. The Hall–Kier alpha value is -2.16. The molecule has 0 aliphatic heterocycles. The fourth-order valence-electron chi connectivity index (χ4n) is 3.51. The van der Waals surface area contributed by atoms with E-state index < -0.39 is 7.92 Å². The molecule has 4 aromatic carbocycles. The third kappa shape index (κ3) is 9.71. The van der Waals surface area contributed by atoms with Crippen LogP contribution >= 0.6 is 7.92 Å². The molecule has 4 aromatic rings. The molecule has 0 spiro atoms. The summed E-state index contributed by atoms with van der Waals surface area (Å²) in [4.78, 5) is 13.3. The molecule has 0 heterocycles. The van der Waals surface area contributed by atoms with Crippen LogP contribution in [-0.4, -0.2) is 26.7 Å². The molecule has 0 saturated heterocycles. The van der Waals surface area contributed by atoms with Crippen LogP contribution in [0.15, 0.2) is 115 Å². The average Bonchev–Trinajstić information content (AvgIpc) is 2.87. The minimum Gasteiger partial charge on any atom is -1.00 e. The van der Waals surface area contributed by atoms with E-state index in [1.54, 1.807) is 6.92 Å². The zero-order valence-electron chi connectivity index (χ0n) is 20.7. The summed E-state index contributed by atoms with van der Waals surface area (Å²) in [5.74, 6) is -0.299. The number of para-hydroxylation sites is 1. The van der Waals surface area contributed by atoms with Gasteiger partial charge in [0.1, 0.15) is 0 Å². The van der Waals surface area contributed by atoms with Gasteiger partial charge in [-0.1, -0.05) is 115 Å². The molecule has 0 saturated carbocycles. The van der Waals surface area contributed by atoms with Crippen LogP contribution in [0.1, 0.15) is 12.5 Å². The molecule has 0 aromatic heterocycles. The van der Waals surface area contributed by atoms with Gasteiger partial charge in [0.05, 0.1) is 6.61 Å². The second-order valence-corrected chi connectivity index (χ2v) is 9.91. The van der Waals surface area contributed by atoms with Crippen molar-refractivity contribution in [2.45, 2.75) is 6.92 Å². The fourth-order valence-corrected chi connectivity index (χ4v) is 5.81. The van der Waals surface area contributed by atoms with Crippen LogP contribution in [-0.2, 0) is 30.0 Å². The second-order valence-electron chi connectivity index (χ2n) is 7.69. The van der Waals surface area contributed by atoms with E-state index in [0.717, 1.165) is 11.3 Å². The van der Waals surface area contributed by atoms with Crippen LogP contribution in [0.3, 0.4) is 0 Å². The SMILES string of the molecule is CCOC(=O)[CH-]c1ccccc1N(C)C.[I-].[Pd+2].c1ccc(P(c2ccccc2)c2ccccc2)cc1. The smallest absolute Gasteiger partial charge is 1.00 e. The number of halogens is 1. The van der Waals surface area contributed by atoms with Gasteiger partial charge in [0.25, 0.3) is 5.97 Å². The van der Waals surface area contributed by atoms with Crippen LogP contribution < -0.4 is 44.8 Å². The summed E-state index contributed by atoms with van der Waals surface area (Å²) < 4.78 is 4.87. The molecule has 0 unspecified atom stereocenters. The fraction of sp³-hybridized carbons (Fsp3) is 0.133. The molecule has 0 aliphatic rings. The maximum atomic E-state index is 11.3. The Morgan fingerprint density at radius 2 is 1.11 bits per heavy atom. The van der Waals surface area contributed by atoms with Gasteiger partial charge in [-0.15, -0.1) is 6.07 Å². The topological polar surface area (TPSA) is 29.5 Å². The van der Waals surface area contributed by atoms with E-state index in [0.29, 0.717) is 6.61 Å². The number of hydrogen-bond acceptors (Lipinski definition) is 3. The van der Waals surface area contributed by atoms with Crippen molar-refractivity contribution in [3.8, 4) is 0 Å². The zero-order valence-corrected chi connectivity index (χ0v) is 25.3. The molecule has 190 valence electrons. The van der Waals surface area contributed by atoms with E-state index in [4.69, 9.17) is 4.74 Å². The van der Waals surface area contributed by atoms with Crippen LogP contribution in [0.5, 0.6) is 0 Å². The molecule has 0 fully saturated rings. The quantitative estimate of drug-likeness (QED) is 0.0976. The summed E-state index contributed by atoms with van der Waals surface area (Å²) >= 11 is 0. The van der Waals surface area contributed by atoms with Crippen LogP contribution in [0.2, 0.25) is 0 Å². The van der Waals surface area contributed by atoms with Gasteiger partial charge in [-0.3, -0.25) is 4.79 Å². The van der Waals surface area contributed by atoms with Crippen molar-refractivity contribution >= 4 is 35.5 Å². The Labute approximate surface area is 247 Å². The first-order valence-electron chi connectivity index (χ1n) is 11.3. The van der Waals surface area contributed by atoms with Gasteiger partial charge in [-0.25, -0.2) is 0 Å². The standard InChI is InChI=1S/C18H15P.C12H16NO2.HI.Pd/c1-4-10-16(11-5-1)19(17-12-6-2-7-13-17)18-14-8-3-9-15-18;1-4-15-12(14)9-10-7-5-6-8-11(10)13(2)3;;/h1-15H;5-9H,4H2,1-3H3;1H;/q;-1;;+2/p-1. The number of carbonyl (C=O) groups is 1. The van der Waals surface area contributed by atoms with Gasteiger partial charge in [0, 0.05) is 0 Å². The van der Waals surface area contributed by atoms with Crippen molar-refractivity contribution in [1.29, 1.82) is 0 Å². The number of benzene rings is 4. The van der Waals surface area contributed by atoms with Crippen molar-refractivity contribution in [1.82, 2.24) is 0 Å². The predicted molar refractivity (Wildman–Crippen MR) is 146 cm³/mol. The van der Waals surface area contributed by atoms with Gasteiger partial charge in [-0.05, 0) is 44.9 Å². The first-order chi connectivity index (χ1) is 16.6. The van der Waals surface area contributed by atoms with Crippen LogP contribution in [0.4, 0.5) is 5.69 Å². The maximum Gasteiger partial charge on any atom is 2.00 e. The van der Waals surface area contributed by atoms with Gasteiger partial charge in [0.2, 0.25) is 0 Å². The van der Waals surface area contributed by atoms with Crippen molar-refractivity contribution < 1.29 is 53.9 Å². The summed E-state index contributed by atoms with van der Waals surface area (Å²) in [6.45, 7) is 2.20. The number of hydrogen-bond donors (Lipinski definition) is 0. The molecule has 3 nitrogen and oxygen atoms in total. The van der Waals surface area contributed by atoms with E-state index in [2.05, 4.69) is 91.0 Å². The van der Waals surface area contributed by atoms with Crippen molar-refractivity contribution in [3.63, 3.8) is 0 Å². The molecule has 0 N–H and O–H groups in total. The average molecular weight is 702 g/mol. The van der Waals surface area contributed by atoms with Crippen molar-refractivity contribution in [2.75, 3.05) is 25.6 Å². The molecule has 0 bridgehead atoms. The molecule has 0 radical (unpaired) electrons. The van der Waals surface area contributed by atoms with E-state index >= 15 is 0 Å². The zero-order chi connectivity index (χ0) is 24.2. The maximum absolute atomic E-state index is 11.3. The summed E-state index contributed by atoms with van der Waals surface area (Å²) in [5.41, 5.74) is 1.88. The molecule has 0 amide bonds. The van der Waals surface area contributed by atoms with Crippen molar-refractivity contribution in [3.05, 3.63) is 127 Å². The van der Waals surface area contributed by atoms with Gasteiger partial charge in [-0.2, -0.15) is 11.6 Å². The molecule has 6 heteroatoms. The number of esters is 1. The third-order valence-corrected chi connectivity index (χ3v) is 7.47. The third-order valence-electron chi connectivity index (χ3n) is 5.02. The molecule has 0 atom stereocenters. The Balaban J connectivity index is 0.000000351. The first kappa shape index (κ1) is 31.9. The van der Waals surface area contributed by atoms with Gasteiger partial charge >= 0.3 is 20.4 Å². The van der Waals surface area contributed by atoms with Gasteiger partial charge < -0.3 is 33.6 Å². The first-order valence-corrected chi connectivity index (χ1v) is 12.7. The van der Waals surface area contributed by atoms with E-state index in [9.17, 15) is 4.79 Å². The summed E-state index contributed by atoms with van der Waals surface area (Å²) in [6, 6.07) is 40.0. The monoisotopic (exact) mass is 701 g/mol. The Morgan fingerprint density at radius 1 is 0.722 bits per heavy atom. The van der Waals surface area contributed by atoms with E-state index in [-0.39, 0.29) is 50.4 Å². The predicted octanol–water partition coefficient (Wildman–Crippen LogP) is 2.31. The Morgan fingerprint density at radius 3 is 1.50 bits per heavy atom. The number of carbonyl (C=O) groups excluding carboxylic acids is 1. The molecular formula is C30H31INO2PPd. The number of anilines is 1.